The van der Waals surface area contributed by atoms with E-state index in [0.717, 1.165) is 0 Å². The Bertz CT molecular complexity index is 6.85. The average molecular weight is 137 g/mol. The normalized spacial score (nSPS) is 0. The van der Waals surface area contributed by atoms with Crippen molar-refractivity contribution in [3.8, 4) is 0 Å². The van der Waals surface area contributed by atoms with E-state index in [4.69, 9.17) is 0 Å². The molecule has 0 aromatic carbocycles. The molecule has 0 atom stereocenters. The third kappa shape index (κ3) is 50.5. The third-order valence-electron chi connectivity index (χ3n) is 0. The zero-order valence-corrected chi connectivity index (χ0v) is 4.39. The van der Waals surface area contributed by atoms with Crippen molar-refractivity contribution >= 4 is 17.4 Å². The summed E-state index contributed by atoms with van der Waals surface area (Å²) in [5.74, 6) is 0. The van der Waals surface area contributed by atoms with E-state index in [1.807, 2.05) is 0 Å². The molecule has 0 bridgehead atoms. The van der Waals surface area contributed by atoms with Gasteiger partial charge >= 0.3 is 33.9 Å². The average Bonchev–Trinajstić information content (AvgIpc) is 0. The van der Waals surface area contributed by atoms with Crippen molar-refractivity contribution in [2.75, 3.05) is 0 Å². The molecule has 0 unspecified atom stereocenters. The summed E-state index contributed by atoms with van der Waals surface area (Å²) in [6, 6.07) is 0. The summed E-state index contributed by atoms with van der Waals surface area (Å²) in [7, 11) is 0. The van der Waals surface area contributed by atoms with Gasteiger partial charge in [0.1, 0.15) is 0 Å². The van der Waals surface area contributed by atoms with E-state index in [1.54, 1.807) is 0 Å². The standard InChI is InChI=1S/Al.Ni.2H2O.O/h;;2*1H2;/q+3;+2;;;-2/p-1. The molecule has 0 saturated heterocycles. The molecule has 0 aromatic rings. The monoisotopic (exact) mass is 136 g/mol. The minimum absolute atomic E-state index is 0. The van der Waals surface area contributed by atoms with Crippen LogP contribution in [-0.2, 0) is 22.0 Å². The van der Waals surface area contributed by atoms with Crippen LogP contribution >= 0.6 is 0 Å². The van der Waals surface area contributed by atoms with Gasteiger partial charge in [0.05, 0.1) is 0 Å². The number of hydrogen-bond acceptors (Lipinski definition) is 1. The van der Waals surface area contributed by atoms with E-state index < -0.39 is 0 Å². The van der Waals surface area contributed by atoms with Crippen LogP contribution in [0.4, 0.5) is 0 Å². The van der Waals surface area contributed by atoms with E-state index in [9.17, 15) is 0 Å². The maximum absolute atomic E-state index is 0. The Balaban J connectivity index is 0. The third-order valence-corrected chi connectivity index (χ3v) is 0. The fourth-order valence-electron chi connectivity index (χ4n) is 0. The van der Waals surface area contributed by atoms with Gasteiger partial charge in [-0.05, 0) is 0 Å². The van der Waals surface area contributed by atoms with Crippen LogP contribution in [-0.4, -0.2) is 28.3 Å². The first-order valence-corrected chi connectivity index (χ1v) is 0. The molecule has 0 aliphatic carbocycles. The number of rotatable bonds is 0. The predicted molar refractivity (Wildman–Crippen MR) is 12.0 cm³/mol. The zero-order valence-electron chi connectivity index (χ0n) is 2.25. The van der Waals surface area contributed by atoms with Crippen LogP contribution < -0.4 is 0 Å². The topological polar surface area (TPSA) is 90.0 Å². The van der Waals surface area contributed by atoms with Crippen LogP contribution in [0, 0.1) is 0 Å². The second-order valence-electron chi connectivity index (χ2n) is 0. The molecule has 0 fully saturated rings. The van der Waals surface area contributed by atoms with Gasteiger partial charge in [0.2, 0.25) is 0 Å². The molecular formula is H3AlNiO3+2. The Morgan fingerprint density at radius 1 is 1.00 bits per heavy atom. The SMILES string of the molecule is O.[Al+3].[Ni+2].[O-2].[OH-]. The second kappa shape index (κ2) is 91.2. The second-order valence-corrected chi connectivity index (χ2v) is 0. The predicted octanol–water partition coefficient (Wildman–Crippen LogP) is -1.50. The van der Waals surface area contributed by atoms with Crippen LogP contribution in [0.15, 0.2) is 0 Å². The van der Waals surface area contributed by atoms with Crippen molar-refractivity contribution in [3.05, 3.63) is 0 Å². The maximum atomic E-state index is 0. The molecule has 0 spiro atoms. The summed E-state index contributed by atoms with van der Waals surface area (Å²) < 4.78 is 0. The Hall–Kier alpha value is 0.906. The molecule has 0 aliphatic heterocycles. The van der Waals surface area contributed by atoms with Crippen LogP contribution in [0.3, 0.4) is 0 Å². The van der Waals surface area contributed by atoms with Gasteiger partial charge in [-0.2, -0.15) is 0 Å². The first-order valence-electron chi connectivity index (χ1n) is 0. The summed E-state index contributed by atoms with van der Waals surface area (Å²) in [6.07, 6.45) is 0. The molecule has 0 aromatic heterocycles. The van der Waals surface area contributed by atoms with Gasteiger partial charge in [0.15, 0.2) is 0 Å². The van der Waals surface area contributed by atoms with Crippen molar-refractivity contribution in [1.29, 1.82) is 0 Å². The fraction of sp³-hybridized carbons (Fsp3) is 0. The molecule has 0 rings (SSSR count). The Labute approximate surface area is 50.7 Å². The molecule has 5 heteroatoms. The van der Waals surface area contributed by atoms with Crippen LogP contribution in [0.25, 0.3) is 0 Å². The van der Waals surface area contributed by atoms with Gasteiger partial charge in [-0.15, -0.1) is 0 Å². The van der Waals surface area contributed by atoms with Gasteiger partial charge in [-0.25, -0.2) is 0 Å². The number of hydrogen-bond donors (Lipinski definition) is 0. The molecule has 0 radical (unpaired) electrons. The van der Waals surface area contributed by atoms with Gasteiger partial charge in [0, 0.05) is 0 Å². The minimum atomic E-state index is 0. The molecule has 32 valence electrons. The van der Waals surface area contributed by atoms with Crippen molar-refractivity contribution in [1.82, 2.24) is 0 Å². The summed E-state index contributed by atoms with van der Waals surface area (Å²) in [5.41, 5.74) is 0. The van der Waals surface area contributed by atoms with Crippen molar-refractivity contribution in [2.24, 2.45) is 0 Å². The minimum Gasteiger partial charge on any atom is -2.00 e. The van der Waals surface area contributed by atoms with E-state index in [-0.39, 0.29) is 50.3 Å². The van der Waals surface area contributed by atoms with Crippen LogP contribution in [0.1, 0.15) is 0 Å². The smallest absolute Gasteiger partial charge is 2.00 e. The molecule has 0 aliphatic rings. The molecular weight excluding hydrogens is 134 g/mol. The van der Waals surface area contributed by atoms with Gasteiger partial charge in [-0.1, -0.05) is 0 Å². The van der Waals surface area contributed by atoms with E-state index >= 15 is 0 Å². The maximum Gasteiger partial charge on any atom is 3.00 e. The van der Waals surface area contributed by atoms with E-state index in [2.05, 4.69) is 0 Å². The van der Waals surface area contributed by atoms with Crippen LogP contribution in [0.5, 0.6) is 0 Å². The van der Waals surface area contributed by atoms with Gasteiger partial charge < -0.3 is 16.4 Å². The Kier molecular flexibility index (Phi) is 3160. The van der Waals surface area contributed by atoms with E-state index in [0.29, 0.717) is 0 Å². The van der Waals surface area contributed by atoms with Crippen molar-refractivity contribution in [2.45, 2.75) is 0 Å². The molecule has 5 heavy (non-hydrogen) atoms. The van der Waals surface area contributed by atoms with Gasteiger partial charge in [0.25, 0.3) is 0 Å². The summed E-state index contributed by atoms with van der Waals surface area (Å²) in [6.45, 7) is 0. The Morgan fingerprint density at radius 2 is 1.00 bits per heavy atom. The van der Waals surface area contributed by atoms with Crippen molar-refractivity contribution in [3.63, 3.8) is 0 Å². The van der Waals surface area contributed by atoms with Crippen molar-refractivity contribution < 1.29 is 32.9 Å². The molecule has 0 amide bonds. The molecule has 3 N–H and O–H groups in total. The molecule has 3 nitrogen and oxygen atoms in total. The molecule has 0 saturated carbocycles. The zero-order chi connectivity index (χ0) is 0. The molecule has 0 heterocycles. The summed E-state index contributed by atoms with van der Waals surface area (Å²) in [5, 5.41) is 0. The largest absolute Gasteiger partial charge is 3.00 e. The van der Waals surface area contributed by atoms with Gasteiger partial charge in [-0.3, -0.25) is 0 Å². The van der Waals surface area contributed by atoms with Crippen LogP contribution in [0.2, 0.25) is 0 Å². The summed E-state index contributed by atoms with van der Waals surface area (Å²) in [4.78, 5) is 0. The first-order chi connectivity index (χ1) is 0. The first kappa shape index (κ1) is 173. The fourth-order valence-corrected chi connectivity index (χ4v) is 0. The van der Waals surface area contributed by atoms with E-state index in [1.165, 1.54) is 0 Å². The summed E-state index contributed by atoms with van der Waals surface area (Å²) >= 11 is 0. The quantitative estimate of drug-likeness (QED) is 0.373. The Morgan fingerprint density at radius 3 is 1.00 bits per heavy atom.